The van der Waals surface area contributed by atoms with E-state index in [0.29, 0.717) is 17.2 Å². The number of hydrogen-bond donors (Lipinski definition) is 1. The summed E-state index contributed by atoms with van der Waals surface area (Å²) in [5.74, 6) is -0.319. The highest BCUT2D eigenvalue weighted by atomic mass is 79.9. The van der Waals surface area contributed by atoms with E-state index < -0.39 is 23.1 Å². The number of furan rings is 1. The highest BCUT2D eigenvalue weighted by molar-refractivity contribution is 9.10. The average molecular weight is 418 g/mol. The van der Waals surface area contributed by atoms with Gasteiger partial charge in [-0.3, -0.25) is 14.5 Å². The summed E-state index contributed by atoms with van der Waals surface area (Å²) < 4.78 is 6.59. The molecule has 1 amide bonds. The molecule has 2 heterocycles. The minimum atomic E-state index is -0.802. The van der Waals surface area contributed by atoms with Crippen LogP contribution in [0.2, 0.25) is 0 Å². The van der Waals surface area contributed by atoms with Crippen molar-refractivity contribution in [1.82, 2.24) is 0 Å². The highest BCUT2D eigenvalue weighted by Crippen LogP contribution is 2.43. The summed E-state index contributed by atoms with van der Waals surface area (Å²) in [6.45, 7) is 7.06. The number of amides is 1. The van der Waals surface area contributed by atoms with Crippen LogP contribution >= 0.6 is 15.9 Å². The fraction of sp³-hybridized carbons (Fsp3) is 0.300. The van der Waals surface area contributed by atoms with E-state index in [0.717, 1.165) is 4.47 Å². The Balaban J connectivity index is 2.18. The van der Waals surface area contributed by atoms with Gasteiger partial charge in [0.2, 0.25) is 0 Å². The fourth-order valence-corrected chi connectivity index (χ4v) is 3.24. The standard InChI is InChI=1S/C20H20BrNO4/c1-11-5-10-14(26-11)16-15(18(24)20(2,3)4)17(23)19(25)22(16)13-8-6-12(21)7-9-13/h5-10,16,23H,1-4H3. The lowest BCUT2D eigenvalue weighted by atomic mass is 9.83. The van der Waals surface area contributed by atoms with Crippen molar-refractivity contribution in [1.29, 1.82) is 0 Å². The third-order valence-corrected chi connectivity index (χ3v) is 4.80. The van der Waals surface area contributed by atoms with Gasteiger partial charge in [0.15, 0.2) is 11.5 Å². The summed E-state index contributed by atoms with van der Waals surface area (Å²) in [7, 11) is 0. The molecule has 0 bridgehead atoms. The van der Waals surface area contributed by atoms with E-state index in [1.54, 1.807) is 64.1 Å². The summed E-state index contributed by atoms with van der Waals surface area (Å²) in [6, 6.07) is 9.80. The number of halogens is 1. The Morgan fingerprint density at radius 1 is 1.15 bits per heavy atom. The largest absolute Gasteiger partial charge is 0.503 e. The zero-order chi connectivity index (χ0) is 19.2. The Morgan fingerprint density at radius 2 is 1.77 bits per heavy atom. The van der Waals surface area contributed by atoms with Gasteiger partial charge in [-0.25, -0.2) is 0 Å². The molecule has 0 saturated heterocycles. The average Bonchev–Trinajstić information content (AvgIpc) is 3.09. The van der Waals surface area contributed by atoms with Gasteiger partial charge >= 0.3 is 0 Å². The van der Waals surface area contributed by atoms with Crippen LogP contribution in [0, 0.1) is 12.3 Å². The molecule has 0 fully saturated rings. The number of Topliss-reactive ketones (excluding diaryl/α,β-unsaturated/α-hetero) is 1. The van der Waals surface area contributed by atoms with Crippen LogP contribution in [-0.2, 0) is 9.59 Å². The van der Waals surface area contributed by atoms with Crippen LogP contribution in [0.5, 0.6) is 0 Å². The topological polar surface area (TPSA) is 70.8 Å². The van der Waals surface area contributed by atoms with E-state index in [9.17, 15) is 14.7 Å². The van der Waals surface area contributed by atoms with Gasteiger partial charge in [0.1, 0.15) is 17.6 Å². The second kappa shape index (κ2) is 6.43. The number of carbonyl (C=O) groups excluding carboxylic acids is 2. The first-order chi connectivity index (χ1) is 12.1. The molecule has 1 atom stereocenters. The van der Waals surface area contributed by atoms with E-state index in [-0.39, 0.29) is 11.4 Å². The molecule has 3 rings (SSSR count). The zero-order valence-corrected chi connectivity index (χ0v) is 16.6. The maximum absolute atomic E-state index is 13.0. The Kier molecular flexibility index (Phi) is 4.56. The normalized spacial score (nSPS) is 18.0. The van der Waals surface area contributed by atoms with Crippen molar-refractivity contribution in [3.8, 4) is 0 Å². The molecule has 6 heteroatoms. The molecular formula is C20H20BrNO4. The Labute approximate surface area is 160 Å². The first-order valence-electron chi connectivity index (χ1n) is 8.24. The van der Waals surface area contributed by atoms with Crippen LogP contribution < -0.4 is 4.90 Å². The van der Waals surface area contributed by atoms with Gasteiger partial charge in [0, 0.05) is 15.6 Å². The quantitative estimate of drug-likeness (QED) is 0.773. The van der Waals surface area contributed by atoms with Crippen molar-refractivity contribution in [2.45, 2.75) is 33.7 Å². The number of nitrogens with zero attached hydrogens (tertiary/aromatic N) is 1. The number of ketones is 1. The van der Waals surface area contributed by atoms with Gasteiger partial charge in [0.25, 0.3) is 5.91 Å². The van der Waals surface area contributed by atoms with Crippen LogP contribution in [0.1, 0.15) is 38.3 Å². The summed E-state index contributed by atoms with van der Waals surface area (Å²) in [5, 5.41) is 10.5. The van der Waals surface area contributed by atoms with Crippen LogP contribution in [0.3, 0.4) is 0 Å². The lowest BCUT2D eigenvalue weighted by Crippen LogP contribution is -2.32. The maximum Gasteiger partial charge on any atom is 0.294 e. The molecule has 1 aromatic carbocycles. The fourth-order valence-electron chi connectivity index (χ4n) is 2.98. The zero-order valence-electron chi connectivity index (χ0n) is 15.0. The number of aliphatic hydroxyl groups is 1. The molecule has 0 spiro atoms. The van der Waals surface area contributed by atoms with Gasteiger partial charge in [-0.1, -0.05) is 36.7 Å². The van der Waals surface area contributed by atoms with E-state index in [2.05, 4.69) is 15.9 Å². The van der Waals surface area contributed by atoms with Crippen LogP contribution in [0.15, 0.2) is 56.6 Å². The van der Waals surface area contributed by atoms with Crippen molar-refractivity contribution in [3.63, 3.8) is 0 Å². The number of rotatable bonds is 3. The Hall–Kier alpha value is -2.34. The number of hydrogen-bond acceptors (Lipinski definition) is 4. The minimum absolute atomic E-state index is 0.0692. The van der Waals surface area contributed by atoms with Gasteiger partial charge in [0.05, 0.1) is 5.57 Å². The first-order valence-corrected chi connectivity index (χ1v) is 9.04. The van der Waals surface area contributed by atoms with Crippen molar-refractivity contribution >= 4 is 33.3 Å². The Morgan fingerprint density at radius 3 is 2.27 bits per heavy atom. The van der Waals surface area contributed by atoms with E-state index in [1.165, 1.54) is 4.90 Å². The lowest BCUT2D eigenvalue weighted by Gasteiger charge is -2.27. The second-order valence-corrected chi connectivity index (χ2v) is 8.26. The highest BCUT2D eigenvalue weighted by Gasteiger charge is 2.48. The minimum Gasteiger partial charge on any atom is -0.503 e. The van der Waals surface area contributed by atoms with Gasteiger partial charge in [-0.15, -0.1) is 0 Å². The van der Waals surface area contributed by atoms with Gasteiger partial charge in [-0.05, 0) is 43.3 Å². The second-order valence-electron chi connectivity index (χ2n) is 7.34. The molecule has 1 unspecified atom stereocenters. The number of benzene rings is 1. The number of aliphatic hydroxyl groups excluding tert-OH is 1. The van der Waals surface area contributed by atoms with Crippen LogP contribution in [0.25, 0.3) is 0 Å². The van der Waals surface area contributed by atoms with Gasteiger partial charge in [-0.2, -0.15) is 0 Å². The molecule has 2 aromatic rings. The molecule has 5 nitrogen and oxygen atoms in total. The van der Waals surface area contributed by atoms with Gasteiger partial charge < -0.3 is 9.52 Å². The monoisotopic (exact) mass is 417 g/mol. The smallest absolute Gasteiger partial charge is 0.294 e. The molecule has 0 saturated carbocycles. The van der Waals surface area contributed by atoms with E-state index >= 15 is 0 Å². The summed E-state index contributed by atoms with van der Waals surface area (Å²) in [6.07, 6.45) is 0. The Bertz CT molecular complexity index is 903. The van der Waals surface area contributed by atoms with Crippen molar-refractivity contribution in [2.75, 3.05) is 4.90 Å². The molecule has 0 radical (unpaired) electrons. The summed E-state index contributed by atoms with van der Waals surface area (Å²) in [4.78, 5) is 27.2. The molecule has 136 valence electrons. The lowest BCUT2D eigenvalue weighted by molar-refractivity contribution is -0.123. The van der Waals surface area contributed by atoms with E-state index in [4.69, 9.17) is 4.42 Å². The molecule has 0 aliphatic carbocycles. The number of carbonyl (C=O) groups is 2. The first kappa shape index (κ1) is 18.5. The number of anilines is 1. The maximum atomic E-state index is 13.0. The summed E-state index contributed by atoms with van der Waals surface area (Å²) in [5.41, 5.74) is -0.112. The van der Waals surface area contributed by atoms with Crippen molar-refractivity contribution in [2.24, 2.45) is 5.41 Å². The molecule has 1 aliphatic rings. The third-order valence-electron chi connectivity index (χ3n) is 4.27. The third kappa shape index (κ3) is 3.09. The SMILES string of the molecule is Cc1ccc(C2C(C(=O)C(C)(C)C)=C(O)C(=O)N2c2ccc(Br)cc2)o1. The predicted octanol–water partition coefficient (Wildman–Crippen LogP) is 4.87. The molecule has 1 aliphatic heterocycles. The molecule has 26 heavy (non-hydrogen) atoms. The van der Waals surface area contributed by atoms with E-state index in [1.807, 2.05) is 0 Å². The van der Waals surface area contributed by atoms with Crippen LogP contribution in [0.4, 0.5) is 5.69 Å². The molecule has 1 aromatic heterocycles. The van der Waals surface area contributed by atoms with Crippen LogP contribution in [-0.4, -0.2) is 16.8 Å². The van der Waals surface area contributed by atoms with Crippen molar-refractivity contribution in [3.05, 3.63) is 63.7 Å². The van der Waals surface area contributed by atoms with Crippen molar-refractivity contribution < 1.29 is 19.1 Å². The summed E-state index contributed by atoms with van der Waals surface area (Å²) >= 11 is 3.37. The number of aryl methyl sites for hydroxylation is 1. The predicted molar refractivity (Wildman–Crippen MR) is 102 cm³/mol. The molecular weight excluding hydrogens is 398 g/mol. The molecule has 1 N–H and O–H groups in total.